The largest absolute Gasteiger partial charge is 0.370 e. The maximum absolute atomic E-state index is 5.72. The number of hydrogen-bond donors (Lipinski definition) is 3. The van der Waals surface area contributed by atoms with Crippen molar-refractivity contribution in [1.82, 2.24) is 25.9 Å². The van der Waals surface area contributed by atoms with Crippen molar-refractivity contribution in [2.75, 3.05) is 0 Å². The van der Waals surface area contributed by atoms with Gasteiger partial charge >= 0.3 is 0 Å². The van der Waals surface area contributed by atoms with Crippen LogP contribution in [0.5, 0.6) is 0 Å². The third kappa shape index (κ3) is 3.92. The van der Waals surface area contributed by atoms with Crippen LogP contribution in [-0.2, 0) is 0 Å². The number of tetrazole rings is 1. The number of H-pyrrole nitrogens is 1. The van der Waals surface area contributed by atoms with Gasteiger partial charge in [0.2, 0.25) is 0 Å². The molecule has 0 aromatic carbocycles. The van der Waals surface area contributed by atoms with E-state index < -0.39 is 0 Å². The molecule has 0 amide bonds. The van der Waals surface area contributed by atoms with Crippen molar-refractivity contribution in [3.63, 3.8) is 0 Å². The Labute approximate surface area is 88.5 Å². The van der Waals surface area contributed by atoms with Crippen molar-refractivity contribution in [3.8, 4) is 0 Å². The summed E-state index contributed by atoms with van der Waals surface area (Å²) in [6, 6.07) is -0.210. The van der Waals surface area contributed by atoms with Crippen LogP contribution < -0.4 is 11.1 Å². The third-order valence-corrected chi connectivity index (χ3v) is 1.57. The molecule has 0 radical (unpaired) electrons. The van der Waals surface area contributed by atoms with E-state index in [9.17, 15) is 0 Å². The Morgan fingerprint density at radius 2 is 2.20 bits per heavy atom. The Morgan fingerprint density at radius 3 is 2.67 bits per heavy atom. The topological polar surface area (TPSA) is 105 Å². The van der Waals surface area contributed by atoms with Crippen LogP contribution in [0, 0.1) is 0 Å². The molecule has 1 atom stereocenters. The third-order valence-electron chi connectivity index (χ3n) is 1.57. The van der Waals surface area contributed by atoms with E-state index in [1.54, 1.807) is 0 Å². The van der Waals surface area contributed by atoms with Crippen LogP contribution in [0.3, 0.4) is 0 Å². The zero-order valence-corrected chi connectivity index (χ0v) is 9.44. The lowest BCUT2D eigenvalue weighted by Gasteiger charge is -2.21. The summed E-state index contributed by atoms with van der Waals surface area (Å²) in [4.78, 5) is 4.20. The number of guanidine groups is 1. The highest BCUT2D eigenvalue weighted by Crippen LogP contribution is 2.09. The summed E-state index contributed by atoms with van der Waals surface area (Å²) in [5.41, 5.74) is 5.61. The minimum absolute atomic E-state index is 0.107. The van der Waals surface area contributed by atoms with Crippen LogP contribution in [0.2, 0.25) is 0 Å². The predicted octanol–water partition coefficient (Wildman–Crippen LogP) is -0.0365. The number of hydrogen-bond acceptors (Lipinski definition) is 4. The van der Waals surface area contributed by atoms with Gasteiger partial charge in [0, 0.05) is 5.54 Å². The lowest BCUT2D eigenvalue weighted by molar-refractivity contribution is 0.506. The molecule has 1 aromatic rings. The van der Waals surface area contributed by atoms with E-state index >= 15 is 0 Å². The molecule has 0 saturated carbocycles. The Hall–Kier alpha value is -1.66. The van der Waals surface area contributed by atoms with Gasteiger partial charge in [0.05, 0.1) is 0 Å². The molecule has 0 bridgehead atoms. The van der Waals surface area contributed by atoms with Crippen molar-refractivity contribution >= 4 is 5.96 Å². The van der Waals surface area contributed by atoms with Gasteiger partial charge in [-0.15, -0.1) is 10.2 Å². The summed E-state index contributed by atoms with van der Waals surface area (Å²) < 4.78 is 0. The van der Waals surface area contributed by atoms with Crippen LogP contribution in [0.15, 0.2) is 4.99 Å². The SMILES string of the molecule is CC(N=C(N)NC(C)(C)C)c1nn[nH]n1. The zero-order chi connectivity index (χ0) is 11.5. The maximum Gasteiger partial charge on any atom is 0.198 e. The summed E-state index contributed by atoms with van der Waals surface area (Å²) in [7, 11) is 0. The molecule has 0 aliphatic heterocycles. The second-order valence-corrected chi connectivity index (χ2v) is 4.34. The molecular formula is C8H17N7. The highest BCUT2D eigenvalue weighted by Gasteiger charge is 2.13. The molecule has 0 spiro atoms. The Bertz CT molecular complexity index is 321. The van der Waals surface area contributed by atoms with E-state index in [1.165, 1.54) is 0 Å². The number of rotatable bonds is 2. The first-order valence-electron chi connectivity index (χ1n) is 4.73. The van der Waals surface area contributed by atoms with Gasteiger partial charge in [0.15, 0.2) is 11.8 Å². The fourth-order valence-corrected chi connectivity index (χ4v) is 1.03. The first-order valence-corrected chi connectivity index (χ1v) is 4.73. The zero-order valence-electron chi connectivity index (χ0n) is 9.44. The standard InChI is InChI=1S/C8H17N7/c1-5(6-12-14-15-13-6)10-7(9)11-8(2,3)4/h5H,1-4H3,(H3,9,10,11)(H,12,13,14,15). The Morgan fingerprint density at radius 1 is 1.53 bits per heavy atom. The van der Waals surface area contributed by atoms with E-state index in [0.717, 1.165) is 0 Å². The lowest BCUT2D eigenvalue weighted by Crippen LogP contribution is -2.45. The first-order chi connectivity index (χ1) is 6.88. The molecule has 1 rings (SSSR count). The van der Waals surface area contributed by atoms with Gasteiger partial charge in [0.1, 0.15) is 6.04 Å². The lowest BCUT2D eigenvalue weighted by atomic mass is 10.1. The van der Waals surface area contributed by atoms with Crippen LogP contribution in [-0.4, -0.2) is 32.1 Å². The van der Waals surface area contributed by atoms with E-state index in [-0.39, 0.29) is 11.6 Å². The van der Waals surface area contributed by atoms with Crippen molar-refractivity contribution in [2.24, 2.45) is 10.7 Å². The summed E-state index contributed by atoms with van der Waals surface area (Å²) in [5, 5.41) is 16.5. The van der Waals surface area contributed by atoms with Crippen molar-refractivity contribution in [3.05, 3.63) is 5.82 Å². The Kier molecular flexibility index (Phi) is 3.23. The summed E-state index contributed by atoms with van der Waals surface area (Å²) in [6.45, 7) is 7.87. The van der Waals surface area contributed by atoms with Gasteiger partial charge in [-0.25, -0.2) is 4.99 Å². The fourth-order valence-electron chi connectivity index (χ4n) is 1.03. The van der Waals surface area contributed by atoms with Crippen LogP contribution in [0.4, 0.5) is 0 Å². The number of nitrogens with one attached hydrogen (secondary N) is 2. The normalized spacial score (nSPS) is 15.1. The summed E-state index contributed by atoms with van der Waals surface area (Å²) in [5.74, 6) is 0.897. The van der Waals surface area contributed by atoms with Crippen LogP contribution in [0.1, 0.15) is 39.6 Å². The van der Waals surface area contributed by atoms with E-state index in [2.05, 4.69) is 30.9 Å². The summed E-state index contributed by atoms with van der Waals surface area (Å²) in [6.07, 6.45) is 0. The molecule has 0 fully saturated rings. The van der Waals surface area contributed by atoms with Gasteiger partial charge in [-0.1, -0.05) is 5.21 Å². The van der Waals surface area contributed by atoms with E-state index in [0.29, 0.717) is 11.8 Å². The molecule has 0 saturated heterocycles. The monoisotopic (exact) mass is 211 g/mol. The van der Waals surface area contributed by atoms with Gasteiger partial charge < -0.3 is 11.1 Å². The number of aliphatic imine (C=N–C) groups is 1. The second-order valence-electron chi connectivity index (χ2n) is 4.34. The molecule has 84 valence electrons. The van der Waals surface area contributed by atoms with Gasteiger partial charge in [-0.2, -0.15) is 5.21 Å². The molecule has 7 nitrogen and oxygen atoms in total. The number of aromatic amines is 1. The van der Waals surface area contributed by atoms with Crippen LogP contribution >= 0.6 is 0 Å². The first kappa shape index (κ1) is 11.4. The summed E-state index contributed by atoms with van der Waals surface area (Å²) >= 11 is 0. The van der Waals surface area contributed by atoms with Gasteiger partial charge in [0.25, 0.3) is 0 Å². The minimum atomic E-state index is -0.210. The molecule has 1 unspecified atom stereocenters. The molecule has 0 aliphatic rings. The highest BCUT2D eigenvalue weighted by atomic mass is 15.5. The average molecular weight is 211 g/mol. The van der Waals surface area contributed by atoms with Gasteiger partial charge in [-0.05, 0) is 27.7 Å². The highest BCUT2D eigenvalue weighted by molar-refractivity contribution is 5.78. The molecule has 7 heteroatoms. The van der Waals surface area contributed by atoms with E-state index in [4.69, 9.17) is 5.73 Å². The predicted molar refractivity (Wildman–Crippen MR) is 57.1 cm³/mol. The number of nitrogens with two attached hydrogens (primary N) is 1. The van der Waals surface area contributed by atoms with E-state index in [1.807, 2.05) is 27.7 Å². The number of aromatic nitrogens is 4. The smallest absolute Gasteiger partial charge is 0.198 e. The number of nitrogens with zero attached hydrogens (tertiary/aromatic N) is 4. The quantitative estimate of drug-likeness (QED) is 0.470. The average Bonchev–Trinajstić information content (AvgIpc) is 2.50. The van der Waals surface area contributed by atoms with Crippen LogP contribution in [0.25, 0.3) is 0 Å². The molecule has 1 aromatic heterocycles. The van der Waals surface area contributed by atoms with Crippen molar-refractivity contribution in [1.29, 1.82) is 0 Å². The van der Waals surface area contributed by atoms with Gasteiger partial charge in [-0.3, -0.25) is 0 Å². The maximum atomic E-state index is 5.72. The Balaban J connectivity index is 2.63. The molecule has 15 heavy (non-hydrogen) atoms. The molecule has 4 N–H and O–H groups in total. The fraction of sp³-hybridized carbons (Fsp3) is 0.750. The van der Waals surface area contributed by atoms with Crippen molar-refractivity contribution < 1.29 is 0 Å². The minimum Gasteiger partial charge on any atom is -0.370 e. The van der Waals surface area contributed by atoms with Crippen molar-refractivity contribution in [2.45, 2.75) is 39.3 Å². The second kappa shape index (κ2) is 4.24. The molecule has 1 heterocycles. The molecular weight excluding hydrogens is 194 g/mol. The molecule has 0 aliphatic carbocycles.